The summed E-state index contributed by atoms with van der Waals surface area (Å²) in [6.45, 7) is 1.58. The van der Waals surface area contributed by atoms with Gasteiger partial charge in [0.25, 0.3) is 5.91 Å². The van der Waals surface area contributed by atoms with Crippen LogP contribution < -0.4 is 11.1 Å². The van der Waals surface area contributed by atoms with Crippen LogP contribution in [0.2, 0.25) is 0 Å². The molecule has 0 heterocycles. The highest BCUT2D eigenvalue weighted by Gasteiger charge is 2.15. The summed E-state index contributed by atoms with van der Waals surface area (Å²) < 4.78 is 14.0. The quantitative estimate of drug-likeness (QED) is 0.669. The van der Waals surface area contributed by atoms with Crippen molar-refractivity contribution in [1.29, 1.82) is 0 Å². The van der Waals surface area contributed by atoms with Crippen LogP contribution in [0.5, 0.6) is 0 Å². The minimum Gasteiger partial charge on any atom is -0.399 e. The molecule has 0 fully saturated rings. The molecule has 0 atom stereocenters. The smallest absolute Gasteiger partial charge is 0.258 e. The Hall–Kier alpha value is -2.01. The third kappa shape index (κ3) is 3.11. The number of anilines is 2. The third-order valence-electron chi connectivity index (χ3n) is 2.85. The van der Waals surface area contributed by atoms with Crippen molar-refractivity contribution in [1.82, 2.24) is 0 Å². The summed E-state index contributed by atoms with van der Waals surface area (Å²) in [5.41, 5.74) is 6.96. The van der Waals surface area contributed by atoms with Gasteiger partial charge in [-0.15, -0.1) is 11.8 Å². The normalized spacial score (nSPS) is 10.3. The predicted molar refractivity (Wildman–Crippen MR) is 81.7 cm³/mol. The molecule has 2 rings (SSSR count). The van der Waals surface area contributed by atoms with E-state index in [-0.39, 0.29) is 5.56 Å². The molecule has 0 saturated carbocycles. The summed E-state index contributed by atoms with van der Waals surface area (Å²) in [6.07, 6.45) is 1.95. The van der Waals surface area contributed by atoms with Gasteiger partial charge in [0.15, 0.2) is 0 Å². The zero-order valence-corrected chi connectivity index (χ0v) is 12.1. The van der Waals surface area contributed by atoms with E-state index in [0.29, 0.717) is 16.9 Å². The summed E-state index contributed by atoms with van der Waals surface area (Å²) in [4.78, 5) is 13.1. The first-order valence-corrected chi connectivity index (χ1v) is 7.24. The van der Waals surface area contributed by atoms with Crippen LogP contribution in [0.4, 0.5) is 15.8 Å². The highest BCUT2D eigenvalue weighted by molar-refractivity contribution is 7.98. The molecule has 2 aromatic carbocycles. The lowest BCUT2D eigenvalue weighted by atomic mass is 10.1. The number of benzene rings is 2. The molecule has 0 spiro atoms. The van der Waals surface area contributed by atoms with Gasteiger partial charge in [0, 0.05) is 16.3 Å². The summed E-state index contributed by atoms with van der Waals surface area (Å²) in [6, 6.07) is 10.2. The number of aryl methyl sites for hydroxylation is 1. The summed E-state index contributed by atoms with van der Waals surface area (Å²) in [5, 5.41) is 2.68. The monoisotopic (exact) mass is 290 g/mol. The van der Waals surface area contributed by atoms with Crippen LogP contribution in [0.3, 0.4) is 0 Å². The Labute approximate surface area is 121 Å². The zero-order chi connectivity index (χ0) is 14.7. The number of carbonyl (C=O) groups excluding carboxylic acids is 1. The van der Waals surface area contributed by atoms with E-state index < -0.39 is 11.7 Å². The van der Waals surface area contributed by atoms with Crippen LogP contribution in [0.1, 0.15) is 15.9 Å². The Morgan fingerprint density at radius 3 is 2.75 bits per heavy atom. The molecular weight excluding hydrogens is 275 g/mol. The molecule has 0 bridgehead atoms. The number of hydrogen-bond donors (Lipinski definition) is 2. The highest BCUT2D eigenvalue weighted by atomic mass is 32.2. The molecule has 20 heavy (non-hydrogen) atoms. The Morgan fingerprint density at radius 2 is 2.05 bits per heavy atom. The van der Waals surface area contributed by atoms with Crippen LogP contribution >= 0.6 is 11.8 Å². The van der Waals surface area contributed by atoms with Crippen LogP contribution in [0.25, 0.3) is 0 Å². The first-order valence-electron chi connectivity index (χ1n) is 6.02. The molecule has 0 aliphatic rings. The number of amides is 1. The van der Waals surface area contributed by atoms with Crippen molar-refractivity contribution < 1.29 is 9.18 Å². The van der Waals surface area contributed by atoms with E-state index in [0.717, 1.165) is 4.90 Å². The minimum atomic E-state index is -0.544. The lowest BCUT2D eigenvalue weighted by molar-refractivity contribution is 0.102. The first-order chi connectivity index (χ1) is 9.51. The Bertz CT molecular complexity index is 658. The second-order valence-corrected chi connectivity index (χ2v) is 5.27. The lowest BCUT2D eigenvalue weighted by Crippen LogP contribution is -2.15. The van der Waals surface area contributed by atoms with Crippen LogP contribution in [-0.2, 0) is 0 Å². The Kier molecular flexibility index (Phi) is 4.29. The first kappa shape index (κ1) is 14.4. The molecule has 3 N–H and O–H groups in total. The van der Waals surface area contributed by atoms with Crippen LogP contribution in [0.15, 0.2) is 41.3 Å². The number of hydrogen-bond acceptors (Lipinski definition) is 3. The van der Waals surface area contributed by atoms with Gasteiger partial charge in [0.2, 0.25) is 0 Å². The second kappa shape index (κ2) is 5.96. The maximum atomic E-state index is 14.0. The van der Waals surface area contributed by atoms with Gasteiger partial charge in [-0.25, -0.2) is 4.39 Å². The lowest BCUT2D eigenvalue weighted by Gasteiger charge is -2.09. The summed E-state index contributed by atoms with van der Waals surface area (Å²) >= 11 is 1.57. The number of nitrogen functional groups attached to an aromatic ring is 1. The van der Waals surface area contributed by atoms with Crippen molar-refractivity contribution in [2.45, 2.75) is 11.8 Å². The van der Waals surface area contributed by atoms with Gasteiger partial charge in [0.05, 0.1) is 5.56 Å². The topological polar surface area (TPSA) is 55.1 Å². The number of rotatable bonds is 3. The van der Waals surface area contributed by atoms with Crippen LogP contribution in [0, 0.1) is 12.7 Å². The van der Waals surface area contributed by atoms with E-state index >= 15 is 0 Å². The molecule has 5 heteroatoms. The fraction of sp³-hybridized carbons (Fsp3) is 0.133. The molecule has 3 nitrogen and oxygen atoms in total. The number of nitrogens with two attached hydrogens (primary N) is 1. The largest absolute Gasteiger partial charge is 0.399 e. The van der Waals surface area contributed by atoms with Crippen molar-refractivity contribution >= 4 is 29.0 Å². The Morgan fingerprint density at radius 1 is 1.30 bits per heavy atom. The van der Waals surface area contributed by atoms with E-state index in [1.807, 2.05) is 24.5 Å². The van der Waals surface area contributed by atoms with Gasteiger partial charge >= 0.3 is 0 Å². The van der Waals surface area contributed by atoms with E-state index in [2.05, 4.69) is 5.32 Å². The van der Waals surface area contributed by atoms with Crippen molar-refractivity contribution in [3.05, 3.63) is 53.3 Å². The van der Waals surface area contributed by atoms with Gasteiger partial charge in [0.1, 0.15) is 5.82 Å². The SMILES string of the molecule is CSc1cccc(NC(=O)c2cc(N)cc(C)c2F)c1. The maximum Gasteiger partial charge on any atom is 0.258 e. The summed E-state index contributed by atoms with van der Waals surface area (Å²) in [5.74, 6) is -1.05. The van der Waals surface area contributed by atoms with Gasteiger partial charge in [-0.05, 0) is 49.1 Å². The highest BCUT2D eigenvalue weighted by Crippen LogP contribution is 2.21. The van der Waals surface area contributed by atoms with Gasteiger partial charge in [-0.1, -0.05) is 6.07 Å². The average Bonchev–Trinajstić information content (AvgIpc) is 2.43. The number of nitrogens with one attached hydrogen (secondary N) is 1. The van der Waals surface area contributed by atoms with Crippen LogP contribution in [-0.4, -0.2) is 12.2 Å². The van der Waals surface area contributed by atoms with Gasteiger partial charge in [-0.2, -0.15) is 0 Å². The standard InChI is InChI=1S/C15H15FN2OS/c1-9-6-10(17)7-13(14(9)16)15(19)18-11-4-3-5-12(8-11)20-2/h3-8H,17H2,1-2H3,(H,18,19). The second-order valence-electron chi connectivity index (χ2n) is 4.39. The molecule has 104 valence electrons. The number of carbonyl (C=O) groups is 1. The molecular formula is C15H15FN2OS. The Balaban J connectivity index is 2.28. The molecule has 0 saturated heterocycles. The van der Waals surface area contributed by atoms with Crippen molar-refractivity contribution in [3.8, 4) is 0 Å². The van der Waals surface area contributed by atoms with Crippen molar-refractivity contribution in [2.24, 2.45) is 0 Å². The predicted octanol–water partition coefficient (Wildman–Crippen LogP) is 3.69. The van der Waals surface area contributed by atoms with Crippen molar-refractivity contribution in [2.75, 3.05) is 17.3 Å². The molecule has 0 aromatic heterocycles. The minimum absolute atomic E-state index is 0.0444. The number of thioether (sulfide) groups is 1. The van der Waals surface area contributed by atoms with E-state index in [4.69, 9.17) is 5.73 Å². The zero-order valence-electron chi connectivity index (χ0n) is 11.2. The van der Waals surface area contributed by atoms with E-state index in [9.17, 15) is 9.18 Å². The third-order valence-corrected chi connectivity index (χ3v) is 3.57. The molecule has 1 amide bonds. The fourth-order valence-corrected chi connectivity index (χ4v) is 2.32. The molecule has 0 aliphatic carbocycles. The molecule has 0 unspecified atom stereocenters. The number of halogens is 1. The molecule has 0 aliphatic heterocycles. The van der Waals surface area contributed by atoms with Gasteiger partial charge in [-0.3, -0.25) is 4.79 Å². The van der Waals surface area contributed by atoms with E-state index in [1.54, 1.807) is 24.8 Å². The van der Waals surface area contributed by atoms with Gasteiger partial charge < -0.3 is 11.1 Å². The van der Waals surface area contributed by atoms with E-state index in [1.165, 1.54) is 12.1 Å². The molecule has 2 aromatic rings. The average molecular weight is 290 g/mol. The molecule has 0 radical (unpaired) electrons. The summed E-state index contributed by atoms with van der Waals surface area (Å²) in [7, 11) is 0. The fourth-order valence-electron chi connectivity index (χ4n) is 1.86. The maximum absolute atomic E-state index is 14.0. The van der Waals surface area contributed by atoms with Crippen molar-refractivity contribution in [3.63, 3.8) is 0 Å².